The highest BCUT2D eigenvalue weighted by molar-refractivity contribution is 5.85. The summed E-state index contributed by atoms with van der Waals surface area (Å²) in [6, 6.07) is 8.52. The lowest BCUT2D eigenvalue weighted by Crippen LogP contribution is -2.38. The van der Waals surface area contributed by atoms with Gasteiger partial charge in [0.25, 0.3) is 0 Å². The first-order chi connectivity index (χ1) is 7.79. The van der Waals surface area contributed by atoms with Gasteiger partial charge in [0, 0.05) is 12.1 Å². The van der Waals surface area contributed by atoms with Gasteiger partial charge < -0.3 is 5.32 Å². The SMILES string of the molecule is Cl.Fc1ccc(CC2C[C@H]3CC[C@@H](C2)N3)cc1. The topological polar surface area (TPSA) is 12.0 Å². The zero-order valence-corrected chi connectivity index (χ0v) is 10.7. The highest BCUT2D eigenvalue weighted by Gasteiger charge is 2.33. The number of benzene rings is 1. The highest BCUT2D eigenvalue weighted by atomic mass is 35.5. The monoisotopic (exact) mass is 255 g/mol. The molecule has 17 heavy (non-hydrogen) atoms. The van der Waals surface area contributed by atoms with Gasteiger partial charge in [-0.3, -0.25) is 0 Å². The number of rotatable bonds is 2. The van der Waals surface area contributed by atoms with Gasteiger partial charge in [-0.2, -0.15) is 0 Å². The van der Waals surface area contributed by atoms with Crippen LogP contribution in [-0.2, 0) is 6.42 Å². The summed E-state index contributed by atoms with van der Waals surface area (Å²) in [6.07, 6.45) is 6.42. The third kappa shape index (κ3) is 2.99. The molecule has 2 aliphatic rings. The van der Waals surface area contributed by atoms with Gasteiger partial charge in [0.2, 0.25) is 0 Å². The molecule has 2 bridgehead atoms. The number of piperidine rings is 1. The van der Waals surface area contributed by atoms with Crippen molar-refractivity contribution in [2.24, 2.45) is 5.92 Å². The predicted octanol–water partition coefficient (Wildman–Crippen LogP) is 3.32. The molecular formula is C14H19ClFN. The molecule has 1 nitrogen and oxygen atoms in total. The molecule has 1 N–H and O–H groups in total. The molecule has 94 valence electrons. The maximum Gasteiger partial charge on any atom is 0.123 e. The molecule has 3 rings (SSSR count). The van der Waals surface area contributed by atoms with Crippen LogP contribution in [0.15, 0.2) is 24.3 Å². The number of nitrogens with one attached hydrogen (secondary N) is 1. The average Bonchev–Trinajstić information content (AvgIpc) is 2.62. The van der Waals surface area contributed by atoms with Crippen LogP contribution in [0.25, 0.3) is 0 Å². The highest BCUT2D eigenvalue weighted by Crippen LogP contribution is 2.32. The average molecular weight is 256 g/mol. The molecule has 0 amide bonds. The van der Waals surface area contributed by atoms with Gasteiger partial charge in [-0.05, 0) is 55.7 Å². The van der Waals surface area contributed by atoms with Crippen molar-refractivity contribution in [3.63, 3.8) is 0 Å². The van der Waals surface area contributed by atoms with Gasteiger partial charge in [-0.25, -0.2) is 4.39 Å². The second-order valence-corrected chi connectivity index (χ2v) is 5.31. The molecule has 2 aliphatic heterocycles. The fourth-order valence-corrected chi connectivity index (χ4v) is 3.30. The van der Waals surface area contributed by atoms with Gasteiger partial charge in [0.05, 0.1) is 0 Å². The van der Waals surface area contributed by atoms with Crippen LogP contribution in [0.5, 0.6) is 0 Å². The zero-order chi connectivity index (χ0) is 11.0. The van der Waals surface area contributed by atoms with Crippen LogP contribution in [0.1, 0.15) is 31.2 Å². The molecule has 3 atom stereocenters. The van der Waals surface area contributed by atoms with Crippen LogP contribution in [0.3, 0.4) is 0 Å². The minimum Gasteiger partial charge on any atom is -0.311 e. The van der Waals surface area contributed by atoms with Crippen LogP contribution in [0.2, 0.25) is 0 Å². The largest absolute Gasteiger partial charge is 0.311 e. The van der Waals surface area contributed by atoms with Crippen LogP contribution in [-0.4, -0.2) is 12.1 Å². The van der Waals surface area contributed by atoms with E-state index in [0.717, 1.165) is 24.4 Å². The van der Waals surface area contributed by atoms with Crippen molar-refractivity contribution in [2.45, 2.75) is 44.2 Å². The van der Waals surface area contributed by atoms with E-state index >= 15 is 0 Å². The van der Waals surface area contributed by atoms with Crippen molar-refractivity contribution < 1.29 is 4.39 Å². The maximum absolute atomic E-state index is 12.8. The Labute approximate surface area is 108 Å². The molecule has 2 heterocycles. The Balaban J connectivity index is 0.00000108. The van der Waals surface area contributed by atoms with Crippen LogP contribution in [0.4, 0.5) is 4.39 Å². The van der Waals surface area contributed by atoms with E-state index in [-0.39, 0.29) is 18.2 Å². The summed E-state index contributed by atoms with van der Waals surface area (Å²) in [4.78, 5) is 0. The van der Waals surface area contributed by atoms with Gasteiger partial charge in [-0.15, -0.1) is 12.4 Å². The van der Waals surface area contributed by atoms with E-state index in [4.69, 9.17) is 0 Å². The first-order valence-electron chi connectivity index (χ1n) is 6.30. The standard InChI is InChI=1S/C14H18FN.ClH/c15-12-3-1-10(2-4-12)7-11-8-13-5-6-14(9-11)16-13;/h1-4,11,13-14,16H,5-9H2;1H/t11?,13-,14+;. The lowest BCUT2D eigenvalue weighted by molar-refractivity contribution is 0.298. The van der Waals surface area contributed by atoms with Gasteiger partial charge >= 0.3 is 0 Å². The summed E-state index contributed by atoms with van der Waals surface area (Å²) in [5, 5.41) is 3.66. The molecule has 2 fully saturated rings. The van der Waals surface area contributed by atoms with Gasteiger partial charge in [0.1, 0.15) is 5.82 Å². The number of hydrogen-bond acceptors (Lipinski definition) is 1. The minimum absolute atomic E-state index is 0. The molecule has 0 spiro atoms. The molecule has 0 radical (unpaired) electrons. The van der Waals surface area contributed by atoms with Crippen molar-refractivity contribution in [1.29, 1.82) is 0 Å². The van der Waals surface area contributed by atoms with Gasteiger partial charge in [-0.1, -0.05) is 12.1 Å². The fourth-order valence-electron chi connectivity index (χ4n) is 3.30. The van der Waals surface area contributed by atoms with Crippen molar-refractivity contribution in [3.05, 3.63) is 35.6 Å². The summed E-state index contributed by atoms with van der Waals surface area (Å²) in [7, 11) is 0. The summed E-state index contributed by atoms with van der Waals surface area (Å²) >= 11 is 0. The fraction of sp³-hybridized carbons (Fsp3) is 0.571. The van der Waals surface area contributed by atoms with Crippen LogP contribution >= 0.6 is 12.4 Å². The first-order valence-corrected chi connectivity index (χ1v) is 6.30. The maximum atomic E-state index is 12.8. The number of fused-ring (bicyclic) bond motifs is 2. The lowest BCUT2D eigenvalue weighted by atomic mass is 9.87. The molecule has 3 heteroatoms. The van der Waals surface area contributed by atoms with E-state index in [9.17, 15) is 4.39 Å². The number of hydrogen-bond donors (Lipinski definition) is 1. The second kappa shape index (κ2) is 5.36. The first kappa shape index (κ1) is 12.8. The van der Waals surface area contributed by atoms with Crippen molar-refractivity contribution in [2.75, 3.05) is 0 Å². The molecule has 0 saturated carbocycles. The quantitative estimate of drug-likeness (QED) is 0.855. The Morgan fingerprint density at radius 2 is 1.65 bits per heavy atom. The smallest absolute Gasteiger partial charge is 0.123 e. The Hall–Kier alpha value is -0.600. The van der Waals surface area contributed by atoms with E-state index in [0.29, 0.717) is 0 Å². The van der Waals surface area contributed by atoms with E-state index < -0.39 is 0 Å². The predicted molar refractivity (Wildman–Crippen MR) is 70.0 cm³/mol. The summed E-state index contributed by atoms with van der Waals surface area (Å²) in [6.45, 7) is 0. The van der Waals surface area contributed by atoms with E-state index in [1.54, 1.807) is 12.1 Å². The Morgan fingerprint density at radius 1 is 1.06 bits per heavy atom. The molecule has 0 aromatic heterocycles. The van der Waals surface area contributed by atoms with Crippen molar-refractivity contribution in [1.82, 2.24) is 5.32 Å². The van der Waals surface area contributed by atoms with Crippen LogP contribution < -0.4 is 5.32 Å². The Kier molecular flexibility index (Phi) is 4.05. The summed E-state index contributed by atoms with van der Waals surface area (Å²) in [5.74, 6) is 0.665. The summed E-state index contributed by atoms with van der Waals surface area (Å²) in [5.41, 5.74) is 1.28. The molecule has 0 aliphatic carbocycles. The van der Waals surface area contributed by atoms with Gasteiger partial charge in [0.15, 0.2) is 0 Å². The molecule has 1 aromatic rings. The Morgan fingerprint density at radius 3 is 2.24 bits per heavy atom. The molecular weight excluding hydrogens is 237 g/mol. The van der Waals surface area contributed by atoms with E-state index in [2.05, 4.69) is 5.32 Å². The third-order valence-electron chi connectivity index (χ3n) is 4.01. The van der Waals surface area contributed by atoms with Crippen LogP contribution in [0, 0.1) is 11.7 Å². The zero-order valence-electron chi connectivity index (χ0n) is 9.86. The molecule has 1 unspecified atom stereocenters. The molecule has 2 saturated heterocycles. The third-order valence-corrected chi connectivity index (χ3v) is 4.01. The minimum atomic E-state index is -0.130. The van der Waals surface area contributed by atoms with E-state index in [1.807, 2.05) is 12.1 Å². The number of halogens is 2. The Bertz CT molecular complexity index is 353. The van der Waals surface area contributed by atoms with Crippen molar-refractivity contribution >= 4 is 12.4 Å². The lowest BCUT2D eigenvalue weighted by Gasteiger charge is -2.29. The normalized spacial score (nSPS) is 31.0. The van der Waals surface area contributed by atoms with E-state index in [1.165, 1.54) is 31.2 Å². The summed E-state index contributed by atoms with van der Waals surface area (Å²) < 4.78 is 12.8. The van der Waals surface area contributed by atoms with Crippen molar-refractivity contribution in [3.8, 4) is 0 Å². The second-order valence-electron chi connectivity index (χ2n) is 5.31. The molecule has 1 aromatic carbocycles.